The molecule has 0 atom stereocenters. The molecule has 3 nitrogen and oxygen atoms in total. The molecule has 94 valence electrons. The fourth-order valence-corrected chi connectivity index (χ4v) is 2.02. The summed E-state index contributed by atoms with van der Waals surface area (Å²) in [7, 11) is 1.54. The Morgan fingerprint density at radius 1 is 1.29 bits per heavy atom. The highest BCUT2D eigenvalue weighted by Gasteiger charge is 2.23. The second-order valence-corrected chi connectivity index (χ2v) is 5.72. The first kappa shape index (κ1) is 14.0. The molecule has 0 amide bonds. The van der Waals surface area contributed by atoms with Crippen LogP contribution in [0.25, 0.3) is 0 Å². The lowest BCUT2D eigenvalue weighted by atomic mass is 10.1. The topological polar surface area (TPSA) is 35.5 Å². The summed E-state index contributed by atoms with van der Waals surface area (Å²) in [4.78, 5) is 12.1. The standard InChI is InChI=1S/C13H17BrO3/c1-8-6-9(14)7-10(16-5)11(8)12(15)17-13(2,3)4/h6-7H,1-5H3. The van der Waals surface area contributed by atoms with Gasteiger partial charge in [0, 0.05) is 4.47 Å². The second-order valence-electron chi connectivity index (χ2n) is 4.80. The maximum Gasteiger partial charge on any atom is 0.342 e. The van der Waals surface area contributed by atoms with Crippen molar-refractivity contribution in [3.05, 3.63) is 27.7 Å². The Balaban J connectivity index is 3.17. The Labute approximate surface area is 110 Å². The third kappa shape index (κ3) is 3.73. The van der Waals surface area contributed by atoms with Crippen LogP contribution in [0.4, 0.5) is 0 Å². The molecule has 0 spiro atoms. The van der Waals surface area contributed by atoms with Crippen LogP contribution in [0.2, 0.25) is 0 Å². The number of carbonyl (C=O) groups excluding carboxylic acids is 1. The average Bonchev–Trinajstić information content (AvgIpc) is 2.12. The number of hydrogen-bond donors (Lipinski definition) is 0. The summed E-state index contributed by atoms with van der Waals surface area (Å²) in [5.41, 5.74) is 0.790. The molecular weight excluding hydrogens is 284 g/mol. The normalized spacial score (nSPS) is 11.2. The van der Waals surface area contributed by atoms with Crippen molar-refractivity contribution >= 4 is 21.9 Å². The van der Waals surface area contributed by atoms with E-state index in [2.05, 4.69) is 15.9 Å². The zero-order valence-corrected chi connectivity index (χ0v) is 12.3. The van der Waals surface area contributed by atoms with E-state index >= 15 is 0 Å². The van der Waals surface area contributed by atoms with Crippen molar-refractivity contribution in [3.8, 4) is 5.75 Å². The molecule has 0 radical (unpaired) electrons. The SMILES string of the molecule is COc1cc(Br)cc(C)c1C(=O)OC(C)(C)C. The Morgan fingerprint density at radius 3 is 2.35 bits per heavy atom. The van der Waals surface area contributed by atoms with Crippen LogP contribution in [-0.2, 0) is 4.74 Å². The first-order chi connectivity index (χ1) is 7.74. The summed E-state index contributed by atoms with van der Waals surface area (Å²) in [5.74, 6) is 0.158. The summed E-state index contributed by atoms with van der Waals surface area (Å²) in [6.45, 7) is 7.37. The summed E-state index contributed by atoms with van der Waals surface area (Å²) in [6, 6.07) is 3.62. The minimum Gasteiger partial charge on any atom is -0.496 e. The van der Waals surface area contributed by atoms with Crippen LogP contribution in [0.3, 0.4) is 0 Å². The molecule has 4 heteroatoms. The van der Waals surface area contributed by atoms with Gasteiger partial charge < -0.3 is 9.47 Å². The summed E-state index contributed by atoms with van der Waals surface area (Å²) in [5, 5.41) is 0. The van der Waals surface area contributed by atoms with Gasteiger partial charge in [-0.3, -0.25) is 0 Å². The van der Waals surface area contributed by atoms with Crippen LogP contribution in [0.15, 0.2) is 16.6 Å². The van der Waals surface area contributed by atoms with Gasteiger partial charge in [-0.05, 0) is 45.4 Å². The van der Waals surface area contributed by atoms with Crippen LogP contribution < -0.4 is 4.74 Å². The second kappa shape index (κ2) is 5.08. The number of methoxy groups -OCH3 is 1. The molecule has 17 heavy (non-hydrogen) atoms. The van der Waals surface area contributed by atoms with Gasteiger partial charge in [0.1, 0.15) is 16.9 Å². The van der Waals surface area contributed by atoms with Crippen LogP contribution in [0.5, 0.6) is 5.75 Å². The molecular formula is C13H17BrO3. The minimum absolute atomic E-state index is 0.362. The summed E-state index contributed by atoms with van der Waals surface area (Å²) >= 11 is 3.37. The number of benzene rings is 1. The smallest absolute Gasteiger partial charge is 0.342 e. The molecule has 0 saturated heterocycles. The maximum atomic E-state index is 12.1. The van der Waals surface area contributed by atoms with Gasteiger partial charge in [0.25, 0.3) is 0 Å². The molecule has 0 unspecified atom stereocenters. The number of carbonyl (C=O) groups is 1. The molecule has 0 aliphatic heterocycles. The van der Waals surface area contributed by atoms with Gasteiger partial charge in [0.15, 0.2) is 0 Å². The molecule has 0 fully saturated rings. The van der Waals surface area contributed by atoms with Gasteiger partial charge in [-0.25, -0.2) is 4.79 Å². The van der Waals surface area contributed by atoms with E-state index in [1.54, 1.807) is 6.07 Å². The van der Waals surface area contributed by atoms with E-state index in [0.717, 1.165) is 10.0 Å². The summed E-state index contributed by atoms with van der Waals surface area (Å²) in [6.07, 6.45) is 0. The molecule has 1 aromatic carbocycles. The van der Waals surface area contributed by atoms with E-state index in [9.17, 15) is 4.79 Å². The monoisotopic (exact) mass is 300 g/mol. The highest BCUT2D eigenvalue weighted by atomic mass is 79.9. The highest BCUT2D eigenvalue weighted by Crippen LogP contribution is 2.29. The molecule has 1 rings (SSSR count). The van der Waals surface area contributed by atoms with Gasteiger partial charge in [-0.1, -0.05) is 15.9 Å². The van der Waals surface area contributed by atoms with E-state index in [4.69, 9.17) is 9.47 Å². The van der Waals surface area contributed by atoms with E-state index in [1.807, 2.05) is 33.8 Å². The largest absolute Gasteiger partial charge is 0.496 e. The zero-order chi connectivity index (χ0) is 13.2. The van der Waals surface area contributed by atoms with Crippen molar-refractivity contribution in [1.82, 2.24) is 0 Å². The third-order valence-electron chi connectivity index (χ3n) is 2.09. The molecule has 0 aliphatic carbocycles. The van der Waals surface area contributed by atoms with Gasteiger partial charge in [-0.2, -0.15) is 0 Å². The van der Waals surface area contributed by atoms with Crippen molar-refractivity contribution < 1.29 is 14.3 Å². The van der Waals surface area contributed by atoms with Crippen molar-refractivity contribution in [3.63, 3.8) is 0 Å². The average molecular weight is 301 g/mol. The molecule has 0 bridgehead atoms. The first-order valence-corrected chi connectivity index (χ1v) is 6.11. The maximum absolute atomic E-state index is 12.1. The van der Waals surface area contributed by atoms with Crippen molar-refractivity contribution in [2.75, 3.05) is 7.11 Å². The third-order valence-corrected chi connectivity index (χ3v) is 2.54. The number of ether oxygens (including phenoxy) is 2. The predicted octanol–water partition coefficient (Wildman–Crippen LogP) is 3.72. The summed E-state index contributed by atoms with van der Waals surface area (Å²) < 4.78 is 11.4. The quantitative estimate of drug-likeness (QED) is 0.781. The molecule has 0 aromatic heterocycles. The number of aryl methyl sites for hydroxylation is 1. The molecule has 0 N–H and O–H groups in total. The number of esters is 1. The lowest BCUT2D eigenvalue weighted by Crippen LogP contribution is -2.24. The van der Waals surface area contributed by atoms with Crippen LogP contribution in [0, 0.1) is 6.92 Å². The Hall–Kier alpha value is -1.03. The molecule has 0 aliphatic rings. The van der Waals surface area contributed by atoms with Gasteiger partial charge in [0.2, 0.25) is 0 Å². The van der Waals surface area contributed by atoms with Crippen molar-refractivity contribution in [2.24, 2.45) is 0 Å². The van der Waals surface area contributed by atoms with Crippen molar-refractivity contribution in [1.29, 1.82) is 0 Å². The van der Waals surface area contributed by atoms with Crippen LogP contribution in [-0.4, -0.2) is 18.7 Å². The van der Waals surface area contributed by atoms with Gasteiger partial charge >= 0.3 is 5.97 Å². The lowest BCUT2D eigenvalue weighted by Gasteiger charge is -2.21. The molecule has 1 aromatic rings. The first-order valence-electron chi connectivity index (χ1n) is 5.32. The zero-order valence-electron chi connectivity index (χ0n) is 10.8. The Bertz CT molecular complexity index is 433. The van der Waals surface area contributed by atoms with Gasteiger partial charge in [0.05, 0.1) is 7.11 Å². The Morgan fingerprint density at radius 2 is 1.88 bits per heavy atom. The fourth-order valence-electron chi connectivity index (χ4n) is 1.46. The predicted molar refractivity (Wildman–Crippen MR) is 70.6 cm³/mol. The lowest BCUT2D eigenvalue weighted by molar-refractivity contribution is 0.00657. The van der Waals surface area contributed by atoms with Crippen molar-refractivity contribution in [2.45, 2.75) is 33.3 Å². The van der Waals surface area contributed by atoms with Crippen LogP contribution >= 0.6 is 15.9 Å². The number of rotatable bonds is 2. The molecule has 0 heterocycles. The van der Waals surface area contributed by atoms with Gasteiger partial charge in [-0.15, -0.1) is 0 Å². The van der Waals surface area contributed by atoms with E-state index in [-0.39, 0.29) is 5.97 Å². The van der Waals surface area contributed by atoms with E-state index in [0.29, 0.717) is 11.3 Å². The number of hydrogen-bond acceptors (Lipinski definition) is 3. The Kier molecular flexibility index (Phi) is 4.20. The fraction of sp³-hybridized carbons (Fsp3) is 0.462. The molecule has 0 saturated carbocycles. The van der Waals surface area contributed by atoms with E-state index in [1.165, 1.54) is 7.11 Å². The number of halogens is 1. The highest BCUT2D eigenvalue weighted by molar-refractivity contribution is 9.10. The van der Waals surface area contributed by atoms with E-state index < -0.39 is 5.60 Å². The minimum atomic E-state index is -0.512. The van der Waals surface area contributed by atoms with Crippen LogP contribution in [0.1, 0.15) is 36.7 Å².